The van der Waals surface area contributed by atoms with Gasteiger partial charge in [0.2, 0.25) is 0 Å². The molecule has 0 spiro atoms. The minimum Gasteiger partial charge on any atom is -0.435 e. The fraction of sp³-hybridized carbons (Fsp3) is 0.333. The molecule has 1 aliphatic heterocycles. The molecule has 0 radical (unpaired) electrons. The highest BCUT2D eigenvalue weighted by Gasteiger charge is 2.16. The van der Waals surface area contributed by atoms with Gasteiger partial charge >= 0.3 is 6.61 Å². The third-order valence-electron chi connectivity index (χ3n) is 3.43. The topological polar surface area (TPSA) is 53.4 Å². The quantitative estimate of drug-likeness (QED) is 0.866. The number of alkyl halides is 2. The molecule has 0 amide bonds. The van der Waals surface area contributed by atoms with Crippen LogP contribution in [0, 0.1) is 0 Å². The van der Waals surface area contributed by atoms with E-state index in [9.17, 15) is 13.6 Å². The third-order valence-corrected chi connectivity index (χ3v) is 3.43. The molecule has 7 heteroatoms. The number of rotatable bonds is 4. The first kappa shape index (κ1) is 14.6. The lowest BCUT2D eigenvalue weighted by molar-refractivity contribution is -0.0498. The van der Waals surface area contributed by atoms with Crippen molar-refractivity contribution in [1.82, 2.24) is 9.55 Å². The van der Waals surface area contributed by atoms with Crippen molar-refractivity contribution >= 4 is 0 Å². The van der Waals surface area contributed by atoms with Crippen LogP contribution in [-0.4, -0.2) is 22.8 Å². The number of hydrogen-bond donors (Lipinski definition) is 0. The lowest BCUT2D eigenvalue weighted by atomic mass is 10.1. The van der Waals surface area contributed by atoms with Crippen molar-refractivity contribution in [3.05, 3.63) is 57.8 Å². The summed E-state index contributed by atoms with van der Waals surface area (Å²) in [4.78, 5) is 16.7. The maximum absolute atomic E-state index is 12.4. The van der Waals surface area contributed by atoms with E-state index in [1.165, 1.54) is 23.0 Å². The normalized spacial score (nSPS) is 14.0. The van der Waals surface area contributed by atoms with Gasteiger partial charge < -0.3 is 9.47 Å². The smallest absolute Gasteiger partial charge is 0.387 e. The summed E-state index contributed by atoms with van der Waals surface area (Å²) in [6.45, 7) is -1.81. The molecule has 2 aromatic rings. The zero-order valence-electron chi connectivity index (χ0n) is 11.7. The third kappa shape index (κ3) is 3.14. The lowest BCUT2D eigenvalue weighted by Gasteiger charge is -2.16. The monoisotopic (exact) mass is 308 g/mol. The van der Waals surface area contributed by atoms with Gasteiger partial charge in [-0.3, -0.25) is 9.36 Å². The molecule has 116 valence electrons. The second-order valence-corrected chi connectivity index (χ2v) is 4.93. The van der Waals surface area contributed by atoms with E-state index in [0.717, 1.165) is 5.69 Å². The molecule has 0 unspecified atom stereocenters. The van der Waals surface area contributed by atoms with E-state index in [-0.39, 0.29) is 24.5 Å². The van der Waals surface area contributed by atoms with E-state index in [0.29, 0.717) is 24.2 Å². The van der Waals surface area contributed by atoms with Gasteiger partial charge in [-0.2, -0.15) is 8.78 Å². The summed E-state index contributed by atoms with van der Waals surface area (Å²) < 4.78 is 35.5. The van der Waals surface area contributed by atoms with E-state index in [1.807, 2.05) is 0 Å². The van der Waals surface area contributed by atoms with Gasteiger partial charge in [-0.05, 0) is 17.7 Å². The number of fused-ring (bicyclic) bond motifs is 1. The number of nitrogens with zero attached hydrogens (tertiary/aromatic N) is 2. The van der Waals surface area contributed by atoms with Gasteiger partial charge in [0.25, 0.3) is 5.56 Å². The highest BCUT2D eigenvalue weighted by molar-refractivity contribution is 5.29. The summed E-state index contributed by atoms with van der Waals surface area (Å²) in [5, 5.41) is 0. The summed E-state index contributed by atoms with van der Waals surface area (Å²) in [6.07, 6.45) is 2.11. The van der Waals surface area contributed by atoms with E-state index in [4.69, 9.17) is 4.74 Å². The van der Waals surface area contributed by atoms with E-state index in [1.54, 1.807) is 12.1 Å². The van der Waals surface area contributed by atoms with Crippen molar-refractivity contribution in [2.24, 2.45) is 0 Å². The van der Waals surface area contributed by atoms with Gasteiger partial charge in [0.15, 0.2) is 0 Å². The fourth-order valence-corrected chi connectivity index (χ4v) is 2.40. The zero-order chi connectivity index (χ0) is 15.5. The number of benzene rings is 1. The van der Waals surface area contributed by atoms with Crippen LogP contribution in [0.1, 0.15) is 16.8 Å². The number of ether oxygens (including phenoxy) is 2. The average molecular weight is 308 g/mol. The summed E-state index contributed by atoms with van der Waals surface area (Å²) >= 11 is 0. The maximum Gasteiger partial charge on any atom is 0.387 e. The van der Waals surface area contributed by atoms with Crippen molar-refractivity contribution in [2.75, 3.05) is 6.61 Å². The Morgan fingerprint density at radius 1 is 1.41 bits per heavy atom. The molecule has 1 aromatic heterocycles. The summed E-state index contributed by atoms with van der Waals surface area (Å²) in [6, 6.07) is 6.26. The first-order valence-corrected chi connectivity index (χ1v) is 6.82. The van der Waals surface area contributed by atoms with E-state index >= 15 is 0 Å². The van der Waals surface area contributed by atoms with Crippen molar-refractivity contribution in [2.45, 2.75) is 26.2 Å². The molecule has 0 N–H and O–H groups in total. The molecule has 0 aliphatic carbocycles. The predicted octanol–water partition coefficient (Wildman–Crippen LogP) is 1.97. The summed E-state index contributed by atoms with van der Waals surface area (Å²) in [7, 11) is 0. The van der Waals surface area contributed by atoms with Crippen LogP contribution in [0.3, 0.4) is 0 Å². The largest absolute Gasteiger partial charge is 0.435 e. The second-order valence-electron chi connectivity index (χ2n) is 4.93. The van der Waals surface area contributed by atoms with Gasteiger partial charge in [0.1, 0.15) is 5.75 Å². The Kier molecular flexibility index (Phi) is 4.15. The van der Waals surface area contributed by atoms with Gasteiger partial charge in [0.05, 0.1) is 37.3 Å². The van der Waals surface area contributed by atoms with Gasteiger partial charge in [-0.1, -0.05) is 12.1 Å². The zero-order valence-corrected chi connectivity index (χ0v) is 11.7. The summed E-state index contributed by atoms with van der Waals surface area (Å²) in [5.41, 5.74) is 1.85. The van der Waals surface area contributed by atoms with E-state index < -0.39 is 6.61 Å². The highest BCUT2D eigenvalue weighted by Crippen LogP contribution is 2.17. The summed E-state index contributed by atoms with van der Waals surface area (Å²) in [5.74, 6) is 0.0646. The first-order valence-electron chi connectivity index (χ1n) is 6.82. The molecular formula is C15H14F2N2O3. The molecule has 0 bridgehead atoms. The number of aromatic nitrogens is 2. The van der Waals surface area contributed by atoms with Gasteiger partial charge in [-0.15, -0.1) is 0 Å². The Hall–Kier alpha value is -2.28. The second kappa shape index (κ2) is 6.23. The molecule has 1 aromatic carbocycles. The van der Waals surface area contributed by atoms with E-state index in [2.05, 4.69) is 9.72 Å². The minimum absolute atomic E-state index is 0.0646. The van der Waals surface area contributed by atoms with Gasteiger partial charge in [-0.25, -0.2) is 4.98 Å². The molecule has 2 heterocycles. The predicted molar refractivity (Wildman–Crippen MR) is 74.0 cm³/mol. The molecule has 22 heavy (non-hydrogen) atoms. The first-order chi connectivity index (χ1) is 10.6. The SMILES string of the molecule is O=c1c2c(ncn1Cc1cccc(OC(F)F)c1)CCOC2. The Morgan fingerprint density at radius 3 is 3.09 bits per heavy atom. The van der Waals surface area contributed by atoms with Crippen LogP contribution in [0.2, 0.25) is 0 Å². The molecule has 1 aliphatic rings. The van der Waals surface area contributed by atoms with Crippen LogP contribution in [0.5, 0.6) is 5.75 Å². The molecule has 3 rings (SSSR count). The maximum atomic E-state index is 12.4. The fourth-order valence-electron chi connectivity index (χ4n) is 2.40. The lowest BCUT2D eigenvalue weighted by Crippen LogP contribution is -2.30. The molecule has 0 atom stereocenters. The van der Waals surface area contributed by atoms with Crippen molar-refractivity contribution < 1.29 is 18.3 Å². The number of halogens is 2. The van der Waals surface area contributed by atoms with Crippen LogP contribution >= 0.6 is 0 Å². The van der Waals surface area contributed by atoms with Gasteiger partial charge in [0, 0.05) is 6.42 Å². The molecule has 0 saturated carbocycles. The molecular weight excluding hydrogens is 294 g/mol. The van der Waals surface area contributed by atoms with Crippen LogP contribution in [0.4, 0.5) is 8.78 Å². The minimum atomic E-state index is -2.87. The van der Waals surface area contributed by atoms with Crippen LogP contribution in [0.15, 0.2) is 35.4 Å². The standard InChI is InChI=1S/C15H14F2N2O3/c16-15(17)22-11-3-1-2-10(6-11)7-19-9-18-13-4-5-21-8-12(13)14(19)20/h1-3,6,9,15H,4-5,7-8H2. The Morgan fingerprint density at radius 2 is 2.27 bits per heavy atom. The average Bonchev–Trinajstić information content (AvgIpc) is 2.50. The van der Waals surface area contributed by atoms with Crippen LogP contribution in [-0.2, 0) is 24.3 Å². The Labute approximate surface area is 125 Å². The van der Waals surface area contributed by atoms with Crippen molar-refractivity contribution in [3.8, 4) is 5.75 Å². The molecule has 0 fully saturated rings. The highest BCUT2D eigenvalue weighted by atomic mass is 19.3. The van der Waals surface area contributed by atoms with Crippen LogP contribution < -0.4 is 10.3 Å². The molecule has 0 saturated heterocycles. The van der Waals surface area contributed by atoms with Crippen LogP contribution in [0.25, 0.3) is 0 Å². The van der Waals surface area contributed by atoms with Crippen molar-refractivity contribution in [3.63, 3.8) is 0 Å². The molecule has 5 nitrogen and oxygen atoms in total. The van der Waals surface area contributed by atoms with Crippen molar-refractivity contribution in [1.29, 1.82) is 0 Å². The number of hydrogen-bond acceptors (Lipinski definition) is 4. The Balaban J connectivity index is 1.86. The Bertz CT molecular complexity index is 731.